The van der Waals surface area contributed by atoms with Gasteiger partial charge in [0.1, 0.15) is 0 Å². The van der Waals surface area contributed by atoms with Crippen LogP contribution < -0.4 is 12.4 Å². The van der Waals surface area contributed by atoms with E-state index in [2.05, 4.69) is 34.9 Å². The number of quaternary nitrogens is 1. The Morgan fingerprint density at radius 3 is 1.23 bits per heavy atom. The number of hydrogen-bond acceptors (Lipinski definition) is 0. The van der Waals surface area contributed by atoms with E-state index in [9.17, 15) is 0 Å². The SMILES string of the molecule is CCCCCCCCCCCCCCCCCC(C)[N+](C)(C)CCC.[Cl-]. The summed E-state index contributed by atoms with van der Waals surface area (Å²) in [6, 6.07) is 0.821. The van der Waals surface area contributed by atoms with Crippen LogP contribution in [-0.2, 0) is 0 Å². The maximum absolute atomic E-state index is 2.44. The third-order valence-corrected chi connectivity index (χ3v) is 6.22. The molecule has 0 aromatic rings. The molecule has 0 saturated carbocycles. The highest BCUT2D eigenvalue weighted by atomic mass is 35.5. The molecule has 2 heteroatoms. The molecular formula is C24H52ClN. The number of hydrogen-bond donors (Lipinski definition) is 0. The first-order chi connectivity index (χ1) is 12.0. The Bertz CT molecular complexity index is 265. The third-order valence-electron chi connectivity index (χ3n) is 6.22. The van der Waals surface area contributed by atoms with Crippen LogP contribution in [0.5, 0.6) is 0 Å². The molecule has 0 saturated heterocycles. The van der Waals surface area contributed by atoms with Gasteiger partial charge in [-0.15, -0.1) is 0 Å². The van der Waals surface area contributed by atoms with Gasteiger partial charge in [0, 0.05) is 0 Å². The van der Waals surface area contributed by atoms with Gasteiger partial charge >= 0.3 is 0 Å². The Morgan fingerprint density at radius 2 is 0.885 bits per heavy atom. The Labute approximate surface area is 173 Å². The van der Waals surface area contributed by atoms with Gasteiger partial charge in [0.2, 0.25) is 0 Å². The van der Waals surface area contributed by atoms with Crippen LogP contribution >= 0.6 is 0 Å². The molecule has 1 unspecified atom stereocenters. The highest BCUT2D eigenvalue weighted by Gasteiger charge is 2.21. The van der Waals surface area contributed by atoms with E-state index in [0.29, 0.717) is 0 Å². The maximum Gasteiger partial charge on any atom is 0.0857 e. The highest BCUT2D eigenvalue weighted by molar-refractivity contribution is 4.54. The molecule has 0 spiro atoms. The molecule has 26 heavy (non-hydrogen) atoms. The third kappa shape index (κ3) is 17.7. The standard InChI is InChI=1S/C24H52N.ClH/c1-6-8-9-10-11-12-13-14-15-16-17-18-19-20-21-22-24(3)25(4,5)23-7-2;/h24H,6-23H2,1-5H3;1H/q+1;/p-1. The molecule has 0 aromatic carbocycles. The van der Waals surface area contributed by atoms with Crippen molar-refractivity contribution < 1.29 is 16.9 Å². The van der Waals surface area contributed by atoms with Crippen LogP contribution in [0.25, 0.3) is 0 Å². The molecule has 0 aliphatic heterocycles. The second kappa shape index (κ2) is 20.0. The summed E-state index contributed by atoms with van der Waals surface area (Å²) in [5, 5.41) is 0. The van der Waals surface area contributed by atoms with Crippen molar-refractivity contribution in [3.8, 4) is 0 Å². The zero-order chi connectivity index (χ0) is 18.8. The van der Waals surface area contributed by atoms with Crippen LogP contribution in [0.3, 0.4) is 0 Å². The van der Waals surface area contributed by atoms with E-state index in [1.165, 1.54) is 120 Å². The van der Waals surface area contributed by atoms with Gasteiger partial charge in [-0.25, -0.2) is 0 Å². The summed E-state index contributed by atoms with van der Waals surface area (Å²) in [5.41, 5.74) is 0. The largest absolute Gasteiger partial charge is 1.00 e. The molecule has 0 heterocycles. The van der Waals surface area contributed by atoms with Gasteiger partial charge in [-0.3, -0.25) is 0 Å². The van der Waals surface area contributed by atoms with Crippen molar-refractivity contribution in [2.24, 2.45) is 0 Å². The van der Waals surface area contributed by atoms with Crippen molar-refractivity contribution >= 4 is 0 Å². The van der Waals surface area contributed by atoms with Crippen LogP contribution in [0.2, 0.25) is 0 Å². The molecule has 160 valence electrons. The van der Waals surface area contributed by atoms with Gasteiger partial charge < -0.3 is 16.9 Å². The van der Waals surface area contributed by atoms with E-state index in [1.807, 2.05) is 0 Å². The Balaban J connectivity index is 0. The lowest BCUT2D eigenvalue weighted by Gasteiger charge is -2.36. The fraction of sp³-hybridized carbons (Fsp3) is 1.00. The van der Waals surface area contributed by atoms with E-state index in [-0.39, 0.29) is 12.4 Å². The van der Waals surface area contributed by atoms with Crippen LogP contribution in [0, 0.1) is 0 Å². The summed E-state index contributed by atoms with van der Waals surface area (Å²) in [5.74, 6) is 0. The van der Waals surface area contributed by atoms with Crippen LogP contribution in [0.4, 0.5) is 0 Å². The average molecular weight is 390 g/mol. The van der Waals surface area contributed by atoms with E-state index in [4.69, 9.17) is 0 Å². The molecule has 1 atom stereocenters. The quantitative estimate of drug-likeness (QED) is 0.212. The highest BCUT2D eigenvalue weighted by Crippen LogP contribution is 2.17. The molecule has 0 aliphatic carbocycles. The molecule has 0 aliphatic rings. The lowest BCUT2D eigenvalue weighted by atomic mass is 10.0. The molecule has 0 fully saturated rings. The summed E-state index contributed by atoms with van der Waals surface area (Å²) in [4.78, 5) is 0. The van der Waals surface area contributed by atoms with Crippen molar-refractivity contribution in [1.82, 2.24) is 0 Å². The second-order valence-corrected chi connectivity index (χ2v) is 9.09. The molecule has 0 amide bonds. The lowest BCUT2D eigenvalue weighted by molar-refractivity contribution is -0.913. The van der Waals surface area contributed by atoms with E-state index < -0.39 is 0 Å². The fourth-order valence-corrected chi connectivity index (χ4v) is 3.96. The van der Waals surface area contributed by atoms with Crippen molar-refractivity contribution in [1.29, 1.82) is 0 Å². The summed E-state index contributed by atoms with van der Waals surface area (Å²) in [6.45, 7) is 8.37. The zero-order valence-corrected chi connectivity index (χ0v) is 19.9. The summed E-state index contributed by atoms with van der Waals surface area (Å²) in [7, 11) is 4.80. The second-order valence-electron chi connectivity index (χ2n) is 9.09. The monoisotopic (exact) mass is 389 g/mol. The van der Waals surface area contributed by atoms with Crippen LogP contribution in [-0.4, -0.2) is 31.2 Å². The topological polar surface area (TPSA) is 0 Å². The predicted molar refractivity (Wildman–Crippen MR) is 116 cm³/mol. The Hall–Kier alpha value is 0.250. The first-order valence-electron chi connectivity index (χ1n) is 11.9. The predicted octanol–water partition coefficient (Wildman–Crippen LogP) is 5.13. The van der Waals surface area contributed by atoms with Gasteiger partial charge in [0.05, 0.1) is 26.7 Å². The van der Waals surface area contributed by atoms with Crippen molar-refractivity contribution in [2.45, 2.75) is 136 Å². The van der Waals surface area contributed by atoms with Gasteiger partial charge in [-0.1, -0.05) is 104 Å². The Kier molecular flexibility index (Phi) is 21.9. The number of rotatable bonds is 19. The van der Waals surface area contributed by atoms with Gasteiger partial charge in [-0.05, 0) is 26.2 Å². The van der Waals surface area contributed by atoms with E-state index in [1.54, 1.807) is 0 Å². The number of halogens is 1. The first-order valence-corrected chi connectivity index (χ1v) is 11.9. The van der Waals surface area contributed by atoms with Crippen LogP contribution in [0.15, 0.2) is 0 Å². The smallest absolute Gasteiger partial charge is 0.0857 e. The lowest BCUT2D eigenvalue weighted by Crippen LogP contribution is -3.00. The minimum Gasteiger partial charge on any atom is -1.00 e. The van der Waals surface area contributed by atoms with Crippen molar-refractivity contribution in [3.05, 3.63) is 0 Å². The van der Waals surface area contributed by atoms with Crippen molar-refractivity contribution in [3.63, 3.8) is 0 Å². The van der Waals surface area contributed by atoms with Gasteiger partial charge in [0.25, 0.3) is 0 Å². The van der Waals surface area contributed by atoms with Gasteiger partial charge in [-0.2, -0.15) is 0 Å². The molecule has 0 aromatic heterocycles. The Morgan fingerprint density at radius 1 is 0.538 bits per heavy atom. The normalized spacial score (nSPS) is 12.8. The van der Waals surface area contributed by atoms with Crippen molar-refractivity contribution in [2.75, 3.05) is 20.6 Å². The maximum atomic E-state index is 2.44. The van der Waals surface area contributed by atoms with Gasteiger partial charge in [0.15, 0.2) is 0 Å². The number of nitrogens with zero attached hydrogens (tertiary/aromatic N) is 1. The van der Waals surface area contributed by atoms with Crippen LogP contribution in [0.1, 0.15) is 130 Å². The number of unbranched alkanes of at least 4 members (excludes halogenated alkanes) is 14. The van der Waals surface area contributed by atoms with E-state index >= 15 is 0 Å². The molecule has 0 rings (SSSR count). The average Bonchev–Trinajstić information content (AvgIpc) is 2.58. The molecule has 0 N–H and O–H groups in total. The fourth-order valence-electron chi connectivity index (χ4n) is 3.96. The summed E-state index contributed by atoms with van der Waals surface area (Å²) < 4.78 is 1.20. The first kappa shape index (κ1) is 28.5. The molecule has 0 bridgehead atoms. The summed E-state index contributed by atoms with van der Waals surface area (Å²) >= 11 is 0. The molecular weight excluding hydrogens is 338 g/mol. The summed E-state index contributed by atoms with van der Waals surface area (Å²) in [6.07, 6.45) is 24.6. The zero-order valence-electron chi connectivity index (χ0n) is 19.1. The minimum atomic E-state index is 0. The minimum absolute atomic E-state index is 0. The van der Waals surface area contributed by atoms with E-state index in [0.717, 1.165) is 6.04 Å². The molecule has 0 radical (unpaired) electrons. The molecule has 1 nitrogen and oxygen atoms in total.